The minimum absolute atomic E-state index is 0.0971. The van der Waals surface area contributed by atoms with Crippen molar-refractivity contribution >= 4 is 17.4 Å². The first-order chi connectivity index (χ1) is 11.2. The number of amides is 2. The molecular weight excluding hydrogens is 306 g/mol. The Morgan fingerprint density at radius 1 is 1.17 bits per heavy atom. The zero-order valence-electron chi connectivity index (χ0n) is 13.8. The second-order valence-corrected chi connectivity index (χ2v) is 6.54. The zero-order valence-corrected chi connectivity index (χ0v) is 14.6. The molecule has 0 aliphatic heterocycles. The molecule has 124 valence electrons. The van der Waals surface area contributed by atoms with E-state index < -0.39 is 0 Å². The van der Waals surface area contributed by atoms with Crippen molar-refractivity contribution in [3.8, 4) is 0 Å². The van der Waals surface area contributed by atoms with Crippen LogP contribution in [0.2, 0.25) is 0 Å². The number of thiophene rings is 1. The number of urea groups is 1. The Morgan fingerprint density at radius 3 is 2.61 bits per heavy atom. The summed E-state index contributed by atoms with van der Waals surface area (Å²) in [6.07, 6.45) is 1.93. The van der Waals surface area contributed by atoms with Gasteiger partial charge in [0.05, 0.1) is 6.04 Å². The molecule has 23 heavy (non-hydrogen) atoms. The Hall–Kier alpha value is -1.85. The van der Waals surface area contributed by atoms with Crippen LogP contribution in [0.25, 0.3) is 0 Å². The molecule has 0 aliphatic carbocycles. The molecule has 1 aromatic heterocycles. The fourth-order valence-corrected chi connectivity index (χ4v) is 3.16. The first-order valence-electron chi connectivity index (χ1n) is 7.91. The lowest BCUT2D eigenvalue weighted by atomic mass is 10.1. The summed E-state index contributed by atoms with van der Waals surface area (Å²) in [7, 11) is 4.06. The van der Waals surface area contributed by atoms with Crippen LogP contribution in [0.1, 0.15) is 23.6 Å². The van der Waals surface area contributed by atoms with Crippen LogP contribution in [0.5, 0.6) is 0 Å². The maximum atomic E-state index is 11.9. The first kappa shape index (κ1) is 17.5. The Kier molecular flexibility index (Phi) is 7.10. The van der Waals surface area contributed by atoms with Crippen molar-refractivity contribution in [3.05, 3.63) is 58.3 Å². The monoisotopic (exact) mass is 331 g/mol. The van der Waals surface area contributed by atoms with Gasteiger partial charge < -0.3 is 15.5 Å². The van der Waals surface area contributed by atoms with Crippen LogP contribution < -0.4 is 10.6 Å². The zero-order chi connectivity index (χ0) is 16.5. The summed E-state index contributed by atoms with van der Waals surface area (Å²) in [6.45, 7) is 1.29. The van der Waals surface area contributed by atoms with Crippen molar-refractivity contribution in [1.29, 1.82) is 0 Å². The maximum Gasteiger partial charge on any atom is 0.314 e. The van der Waals surface area contributed by atoms with E-state index in [-0.39, 0.29) is 12.1 Å². The number of aryl methyl sites for hydroxylation is 1. The molecule has 2 N–H and O–H groups in total. The van der Waals surface area contributed by atoms with Gasteiger partial charge in [0.2, 0.25) is 0 Å². The lowest BCUT2D eigenvalue weighted by molar-refractivity contribution is 0.233. The third kappa shape index (κ3) is 6.04. The van der Waals surface area contributed by atoms with Crippen molar-refractivity contribution < 1.29 is 4.79 Å². The van der Waals surface area contributed by atoms with E-state index in [1.807, 2.05) is 32.3 Å². The lowest BCUT2D eigenvalue weighted by Gasteiger charge is -2.24. The molecule has 0 fully saturated rings. The Balaban J connectivity index is 1.66. The van der Waals surface area contributed by atoms with E-state index in [0.29, 0.717) is 13.1 Å². The van der Waals surface area contributed by atoms with E-state index in [1.165, 1.54) is 11.1 Å². The molecule has 5 heteroatoms. The number of hydrogen-bond acceptors (Lipinski definition) is 3. The normalized spacial score (nSPS) is 12.1. The summed E-state index contributed by atoms with van der Waals surface area (Å²) in [5, 5.41) is 10.1. The van der Waals surface area contributed by atoms with Crippen molar-refractivity contribution in [1.82, 2.24) is 15.5 Å². The number of hydrogen-bond donors (Lipinski definition) is 2. The highest BCUT2D eigenvalue weighted by molar-refractivity contribution is 7.07. The van der Waals surface area contributed by atoms with E-state index in [4.69, 9.17) is 0 Å². The smallest absolute Gasteiger partial charge is 0.314 e. The van der Waals surface area contributed by atoms with E-state index in [0.717, 1.165) is 12.8 Å². The van der Waals surface area contributed by atoms with Crippen molar-refractivity contribution in [2.24, 2.45) is 0 Å². The SMILES string of the molecule is CN(C)[C@@H](CNC(=O)NCCCc1ccccc1)c1ccsc1. The number of carbonyl (C=O) groups is 1. The number of rotatable bonds is 8. The third-order valence-electron chi connectivity index (χ3n) is 3.78. The summed E-state index contributed by atoms with van der Waals surface area (Å²) in [6, 6.07) is 12.5. The van der Waals surface area contributed by atoms with E-state index >= 15 is 0 Å². The van der Waals surface area contributed by atoms with Crippen LogP contribution in [0.15, 0.2) is 47.2 Å². The van der Waals surface area contributed by atoms with Gasteiger partial charge >= 0.3 is 6.03 Å². The quantitative estimate of drug-likeness (QED) is 0.729. The van der Waals surface area contributed by atoms with Gasteiger partial charge in [0, 0.05) is 13.1 Å². The van der Waals surface area contributed by atoms with Crippen LogP contribution in [0.3, 0.4) is 0 Å². The van der Waals surface area contributed by atoms with Gasteiger partial charge in [-0.2, -0.15) is 11.3 Å². The summed E-state index contributed by atoms with van der Waals surface area (Å²) >= 11 is 1.68. The summed E-state index contributed by atoms with van der Waals surface area (Å²) in [5.41, 5.74) is 2.55. The van der Waals surface area contributed by atoms with Gasteiger partial charge in [-0.3, -0.25) is 0 Å². The molecule has 0 unspecified atom stereocenters. The summed E-state index contributed by atoms with van der Waals surface area (Å²) in [5.74, 6) is 0. The average Bonchev–Trinajstić information content (AvgIpc) is 3.06. The molecule has 0 aliphatic rings. The molecule has 0 saturated heterocycles. The van der Waals surface area contributed by atoms with E-state index in [9.17, 15) is 4.79 Å². The van der Waals surface area contributed by atoms with Gasteiger partial charge in [0.1, 0.15) is 0 Å². The first-order valence-corrected chi connectivity index (χ1v) is 8.85. The lowest BCUT2D eigenvalue weighted by Crippen LogP contribution is -2.40. The Labute approximate surface area is 142 Å². The molecule has 0 radical (unpaired) electrons. The van der Waals surface area contributed by atoms with Crippen molar-refractivity contribution in [3.63, 3.8) is 0 Å². The van der Waals surface area contributed by atoms with Crippen molar-refractivity contribution in [2.75, 3.05) is 27.2 Å². The van der Waals surface area contributed by atoms with Gasteiger partial charge in [-0.25, -0.2) is 4.79 Å². The highest BCUT2D eigenvalue weighted by Crippen LogP contribution is 2.19. The maximum absolute atomic E-state index is 11.9. The van der Waals surface area contributed by atoms with Crippen LogP contribution in [0.4, 0.5) is 4.79 Å². The highest BCUT2D eigenvalue weighted by atomic mass is 32.1. The largest absolute Gasteiger partial charge is 0.338 e. The van der Waals surface area contributed by atoms with Gasteiger partial charge in [-0.15, -0.1) is 0 Å². The molecule has 2 aromatic rings. The molecular formula is C18H25N3OS. The van der Waals surface area contributed by atoms with Gasteiger partial charge in [0.25, 0.3) is 0 Å². The molecule has 0 bridgehead atoms. The molecule has 0 spiro atoms. The molecule has 1 atom stereocenters. The fraction of sp³-hybridized carbons (Fsp3) is 0.389. The number of benzene rings is 1. The van der Waals surface area contributed by atoms with Crippen molar-refractivity contribution in [2.45, 2.75) is 18.9 Å². The van der Waals surface area contributed by atoms with Crippen LogP contribution in [0, 0.1) is 0 Å². The number of likely N-dealkylation sites (N-methyl/N-ethyl adjacent to an activating group) is 1. The molecule has 1 aromatic carbocycles. The summed E-state index contributed by atoms with van der Waals surface area (Å²) < 4.78 is 0. The minimum atomic E-state index is -0.0971. The van der Waals surface area contributed by atoms with E-state index in [1.54, 1.807) is 11.3 Å². The molecule has 1 heterocycles. The molecule has 4 nitrogen and oxygen atoms in total. The number of nitrogens with zero attached hydrogens (tertiary/aromatic N) is 1. The molecule has 2 amide bonds. The van der Waals surface area contributed by atoms with E-state index in [2.05, 4.69) is 44.5 Å². The highest BCUT2D eigenvalue weighted by Gasteiger charge is 2.15. The predicted molar refractivity (Wildman–Crippen MR) is 96.9 cm³/mol. The molecule has 0 saturated carbocycles. The van der Waals surface area contributed by atoms with Gasteiger partial charge in [0.15, 0.2) is 0 Å². The second kappa shape index (κ2) is 9.33. The second-order valence-electron chi connectivity index (χ2n) is 5.76. The topological polar surface area (TPSA) is 44.4 Å². The van der Waals surface area contributed by atoms with Crippen LogP contribution in [-0.2, 0) is 6.42 Å². The number of carbonyl (C=O) groups excluding carboxylic acids is 1. The minimum Gasteiger partial charge on any atom is -0.338 e. The average molecular weight is 331 g/mol. The molecule has 2 rings (SSSR count). The Bertz CT molecular complexity index is 569. The van der Waals surface area contributed by atoms with Crippen LogP contribution in [-0.4, -0.2) is 38.1 Å². The number of nitrogens with one attached hydrogen (secondary N) is 2. The van der Waals surface area contributed by atoms with Gasteiger partial charge in [-0.05, 0) is 54.9 Å². The predicted octanol–water partition coefficient (Wildman–Crippen LogP) is 3.28. The Morgan fingerprint density at radius 2 is 1.96 bits per heavy atom. The fourth-order valence-electron chi connectivity index (χ4n) is 2.45. The third-order valence-corrected chi connectivity index (χ3v) is 4.48. The summed E-state index contributed by atoms with van der Waals surface area (Å²) in [4.78, 5) is 14.0. The van der Waals surface area contributed by atoms with Crippen LogP contribution >= 0.6 is 11.3 Å². The van der Waals surface area contributed by atoms with Gasteiger partial charge in [-0.1, -0.05) is 30.3 Å². The standard InChI is InChI=1S/C18H25N3OS/c1-21(2)17(16-10-12-23-14-16)13-20-18(22)19-11-6-9-15-7-4-3-5-8-15/h3-5,7-8,10,12,14,17H,6,9,11,13H2,1-2H3,(H2,19,20,22)/t17-/m0/s1.